The molecular weight excluding hydrogens is 410 g/mol. The van der Waals surface area contributed by atoms with Crippen LogP contribution in [0.1, 0.15) is 43.9 Å². The summed E-state index contributed by atoms with van der Waals surface area (Å²) >= 11 is 0. The lowest BCUT2D eigenvalue weighted by Crippen LogP contribution is -2.38. The van der Waals surface area contributed by atoms with Crippen molar-refractivity contribution in [3.63, 3.8) is 0 Å². The zero-order chi connectivity index (χ0) is 22.4. The molecule has 31 heavy (non-hydrogen) atoms. The zero-order valence-corrected chi connectivity index (χ0v) is 19.4. The summed E-state index contributed by atoms with van der Waals surface area (Å²) in [5.74, 6) is 0.923. The number of guanidine groups is 1. The maximum Gasteiger partial charge on any atom is 0.191 e. The van der Waals surface area contributed by atoms with Crippen LogP contribution in [0.15, 0.2) is 65.7 Å². The molecule has 2 N–H and O–H groups in total. The third-order valence-corrected chi connectivity index (χ3v) is 6.39. The third kappa shape index (κ3) is 10.5. The fourth-order valence-corrected chi connectivity index (χ4v) is 4.49. The Balaban J connectivity index is 1.66. The average molecular weight is 446 g/mol. The maximum absolute atomic E-state index is 12.3. The molecule has 0 saturated heterocycles. The van der Waals surface area contributed by atoms with Crippen LogP contribution in [0.25, 0.3) is 0 Å². The molecular formula is C24H35N3O3S. The fourth-order valence-electron chi connectivity index (χ4n) is 3.08. The summed E-state index contributed by atoms with van der Waals surface area (Å²) < 4.78 is 30.4. The molecule has 2 aromatic rings. The minimum atomic E-state index is -3.13. The molecule has 0 heterocycles. The lowest BCUT2D eigenvalue weighted by Gasteiger charge is -2.14. The van der Waals surface area contributed by atoms with E-state index in [1.165, 1.54) is 5.56 Å². The van der Waals surface area contributed by atoms with E-state index in [0.717, 1.165) is 25.1 Å². The van der Waals surface area contributed by atoms with E-state index >= 15 is 0 Å². The van der Waals surface area contributed by atoms with E-state index < -0.39 is 9.84 Å². The smallest absolute Gasteiger partial charge is 0.191 e. The van der Waals surface area contributed by atoms with E-state index in [9.17, 15) is 8.42 Å². The van der Waals surface area contributed by atoms with Gasteiger partial charge in [-0.05, 0) is 37.8 Å². The Morgan fingerprint density at radius 3 is 2.35 bits per heavy atom. The number of sulfone groups is 1. The van der Waals surface area contributed by atoms with Crippen molar-refractivity contribution in [1.29, 1.82) is 0 Å². The van der Waals surface area contributed by atoms with Gasteiger partial charge in [0.2, 0.25) is 0 Å². The largest absolute Gasteiger partial charge is 0.374 e. The summed E-state index contributed by atoms with van der Waals surface area (Å²) in [6.45, 7) is 6.66. The first-order valence-corrected chi connectivity index (χ1v) is 12.8. The normalized spacial score (nSPS) is 13.0. The van der Waals surface area contributed by atoms with Crippen LogP contribution in [-0.4, -0.2) is 46.4 Å². The topological polar surface area (TPSA) is 79.8 Å². The Hall–Kier alpha value is -2.38. The molecule has 0 aliphatic carbocycles. The number of hydrogen-bond acceptors (Lipinski definition) is 4. The van der Waals surface area contributed by atoms with Gasteiger partial charge in [0, 0.05) is 26.2 Å². The number of rotatable bonds is 13. The molecule has 0 aliphatic heterocycles. The number of aliphatic imine (C=N–C) groups is 1. The molecule has 0 aromatic heterocycles. The van der Waals surface area contributed by atoms with Crippen LogP contribution in [0.5, 0.6) is 0 Å². The summed E-state index contributed by atoms with van der Waals surface area (Å²) in [7, 11) is -3.13. The van der Waals surface area contributed by atoms with Crippen LogP contribution in [0.4, 0.5) is 0 Å². The molecule has 7 heteroatoms. The van der Waals surface area contributed by atoms with Gasteiger partial charge in [-0.15, -0.1) is 0 Å². The van der Waals surface area contributed by atoms with Crippen LogP contribution >= 0.6 is 0 Å². The predicted octanol–water partition coefficient (Wildman–Crippen LogP) is 3.71. The first-order chi connectivity index (χ1) is 15.0. The van der Waals surface area contributed by atoms with Crippen LogP contribution < -0.4 is 10.6 Å². The van der Waals surface area contributed by atoms with Crippen LogP contribution in [0, 0.1) is 0 Å². The highest BCUT2D eigenvalue weighted by molar-refractivity contribution is 7.90. The Bertz CT molecular complexity index is 871. The highest BCUT2D eigenvalue weighted by Crippen LogP contribution is 2.15. The quantitative estimate of drug-likeness (QED) is 0.279. The number of nitrogens with zero attached hydrogens (tertiary/aromatic N) is 1. The van der Waals surface area contributed by atoms with Gasteiger partial charge in [0.15, 0.2) is 15.8 Å². The van der Waals surface area contributed by atoms with Gasteiger partial charge in [0.05, 0.1) is 17.6 Å². The summed E-state index contributed by atoms with van der Waals surface area (Å²) in [5, 5.41) is 6.48. The number of nitrogens with one attached hydrogen (secondary N) is 2. The summed E-state index contributed by atoms with van der Waals surface area (Å²) in [5.41, 5.74) is 2.00. The maximum atomic E-state index is 12.3. The van der Waals surface area contributed by atoms with Crippen molar-refractivity contribution in [2.75, 3.05) is 32.0 Å². The second-order valence-corrected chi connectivity index (χ2v) is 9.58. The van der Waals surface area contributed by atoms with E-state index in [2.05, 4.69) is 34.7 Å². The van der Waals surface area contributed by atoms with Crippen molar-refractivity contribution in [1.82, 2.24) is 10.6 Å². The number of benzene rings is 2. The number of ether oxygens (including phenoxy) is 1. The summed E-state index contributed by atoms with van der Waals surface area (Å²) in [6.07, 6.45) is 1.43. The molecule has 0 fully saturated rings. The van der Waals surface area contributed by atoms with E-state index in [4.69, 9.17) is 4.74 Å². The second kappa shape index (κ2) is 13.8. The zero-order valence-electron chi connectivity index (χ0n) is 18.6. The first kappa shape index (κ1) is 24.9. The monoisotopic (exact) mass is 445 g/mol. The van der Waals surface area contributed by atoms with Gasteiger partial charge in [0.25, 0.3) is 0 Å². The van der Waals surface area contributed by atoms with Gasteiger partial charge < -0.3 is 15.4 Å². The van der Waals surface area contributed by atoms with E-state index in [-0.39, 0.29) is 17.6 Å². The molecule has 2 aromatic carbocycles. The molecule has 170 valence electrons. The van der Waals surface area contributed by atoms with Gasteiger partial charge in [0.1, 0.15) is 0 Å². The van der Waals surface area contributed by atoms with Crippen molar-refractivity contribution in [2.45, 2.75) is 38.5 Å². The van der Waals surface area contributed by atoms with Crippen LogP contribution in [0.3, 0.4) is 0 Å². The van der Waals surface area contributed by atoms with Crippen molar-refractivity contribution in [2.24, 2.45) is 4.99 Å². The van der Waals surface area contributed by atoms with Crippen LogP contribution in [-0.2, 0) is 20.3 Å². The van der Waals surface area contributed by atoms with Crippen molar-refractivity contribution < 1.29 is 13.2 Å². The molecule has 6 nitrogen and oxygen atoms in total. The van der Waals surface area contributed by atoms with E-state index in [1.54, 1.807) is 0 Å². The highest BCUT2D eigenvalue weighted by atomic mass is 32.2. The minimum absolute atomic E-state index is 0.0703. The second-order valence-electron chi connectivity index (χ2n) is 7.40. The highest BCUT2D eigenvalue weighted by Gasteiger charge is 2.11. The molecule has 0 amide bonds. The molecule has 1 unspecified atom stereocenters. The SMILES string of the molecule is CCNC(=NCCCS(=O)(=O)Cc1ccccc1)NCCCOC(C)c1ccccc1. The Morgan fingerprint density at radius 1 is 1.00 bits per heavy atom. The summed E-state index contributed by atoms with van der Waals surface area (Å²) in [6, 6.07) is 19.5. The standard InChI is InChI=1S/C24H35N3O3S/c1-3-25-24(26-16-10-18-30-21(2)23-14-8-5-9-15-23)27-17-11-19-31(28,29)20-22-12-6-4-7-13-22/h4-9,12-15,21H,3,10-11,16-20H2,1-2H3,(H2,25,26,27). The lowest BCUT2D eigenvalue weighted by atomic mass is 10.1. The van der Waals surface area contributed by atoms with Gasteiger partial charge in [-0.3, -0.25) is 4.99 Å². The van der Waals surface area contributed by atoms with E-state index in [0.29, 0.717) is 25.5 Å². The van der Waals surface area contributed by atoms with Crippen molar-refractivity contribution >= 4 is 15.8 Å². The Labute approximate surface area is 187 Å². The lowest BCUT2D eigenvalue weighted by molar-refractivity contribution is 0.0646. The molecule has 1 atom stereocenters. The summed E-state index contributed by atoms with van der Waals surface area (Å²) in [4.78, 5) is 4.49. The van der Waals surface area contributed by atoms with E-state index in [1.807, 2.05) is 55.5 Å². The van der Waals surface area contributed by atoms with Gasteiger partial charge in [-0.25, -0.2) is 8.42 Å². The molecule has 2 rings (SSSR count). The van der Waals surface area contributed by atoms with Gasteiger partial charge in [-0.2, -0.15) is 0 Å². The van der Waals surface area contributed by atoms with Crippen molar-refractivity contribution in [3.8, 4) is 0 Å². The van der Waals surface area contributed by atoms with Gasteiger partial charge in [-0.1, -0.05) is 60.7 Å². The fraction of sp³-hybridized carbons (Fsp3) is 0.458. The van der Waals surface area contributed by atoms with Crippen molar-refractivity contribution in [3.05, 3.63) is 71.8 Å². The molecule has 0 bridgehead atoms. The molecule has 0 aliphatic rings. The average Bonchev–Trinajstić information content (AvgIpc) is 2.77. The molecule has 0 saturated carbocycles. The Kier molecular flexibility index (Phi) is 11.1. The third-order valence-electron chi connectivity index (χ3n) is 4.71. The first-order valence-electron chi connectivity index (χ1n) is 10.9. The molecule has 0 radical (unpaired) electrons. The predicted molar refractivity (Wildman–Crippen MR) is 128 cm³/mol. The minimum Gasteiger partial charge on any atom is -0.374 e. The Morgan fingerprint density at radius 2 is 1.68 bits per heavy atom. The molecule has 0 spiro atoms. The number of hydrogen-bond donors (Lipinski definition) is 2. The van der Waals surface area contributed by atoms with Gasteiger partial charge >= 0.3 is 0 Å². The van der Waals surface area contributed by atoms with Crippen LogP contribution in [0.2, 0.25) is 0 Å².